The van der Waals surface area contributed by atoms with Gasteiger partial charge in [0.1, 0.15) is 24.1 Å². The Bertz CT molecular complexity index is 1410. The first-order valence-electron chi connectivity index (χ1n) is 14.7. The summed E-state index contributed by atoms with van der Waals surface area (Å²) in [6.45, 7) is -0.370. The largest absolute Gasteiger partial charge is 0.497 e. The molecule has 0 radical (unpaired) electrons. The van der Waals surface area contributed by atoms with E-state index < -0.39 is 30.4 Å². The predicted octanol–water partition coefficient (Wildman–Crippen LogP) is 5.63. The van der Waals surface area contributed by atoms with Crippen molar-refractivity contribution in [2.75, 3.05) is 14.2 Å². The molecule has 1 aromatic heterocycles. The van der Waals surface area contributed by atoms with Gasteiger partial charge >= 0.3 is 6.18 Å². The van der Waals surface area contributed by atoms with Crippen LogP contribution in [0.15, 0.2) is 48.5 Å². The van der Waals surface area contributed by atoms with Crippen molar-refractivity contribution in [3.8, 4) is 11.5 Å². The zero-order valence-electron chi connectivity index (χ0n) is 24.5. The molecule has 0 aliphatic heterocycles. The van der Waals surface area contributed by atoms with Crippen LogP contribution in [0.1, 0.15) is 72.6 Å². The summed E-state index contributed by atoms with van der Waals surface area (Å²) < 4.78 is 53.5. The van der Waals surface area contributed by atoms with E-state index in [1.54, 1.807) is 62.8 Å². The summed E-state index contributed by atoms with van der Waals surface area (Å²) in [6, 6.07) is 13.0. The molecule has 0 bridgehead atoms. The Kier molecular flexibility index (Phi) is 9.27. The first-order chi connectivity index (χ1) is 20.7. The molecule has 2 aromatic carbocycles. The monoisotopic (exact) mass is 598 g/mol. The molecule has 43 heavy (non-hydrogen) atoms. The number of ether oxygens (including phenoxy) is 2. The van der Waals surface area contributed by atoms with E-state index in [1.807, 2.05) is 0 Å². The van der Waals surface area contributed by atoms with Crippen LogP contribution < -0.4 is 14.8 Å². The number of carbonyl (C=O) groups excluding carboxylic acids is 2. The number of hydrogen-bond acceptors (Lipinski definition) is 5. The number of carbonyl (C=O) groups is 2. The van der Waals surface area contributed by atoms with Crippen LogP contribution in [-0.4, -0.2) is 46.8 Å². The second-order valence-corrected chi connectivity index (χ2v) is 11.2. The molecule has 11 heteroatoms. The molecule has 2 aliphatic rings. The van der Waals surface area contributed by atoms with Crippen molar-refractivity contribution in [2.45, 2.75) is 82.7 Å². The Labute approximate surface area is 249 Å². The van der Waals surface area contributed by atoms with Gasteiger partial charge in [-0.15, -0.1) is 0 Å². The maximum atomic E-state index is 14.2. The van der Waals surface area contributed by atoms with Crippen molar-refractivity contribution in [1.29, 1.82) is 0 Å². The summed E-state index contributed by atoms with van der Waals surface area (Å²) in [4.78, 5) is 29.6. The van der Waals surface area contributed by atoms with Gasteiger partial charge in [0.25, 0.3) is 0 Å². The standard InChI is InChI=1S/C32H37F3N4O4/c1-42-24-15-11-21(12-16-24)19-38(28(40)20-39-27-10-6-5-9-26(27)30(37-39)32(33,34)35)29(22-13-17-25(43-2)18-14-22)31(41)36-23-7-3-4-8-23/h11-18,23,29H,3-10,19-20H2,1-2H3,(H,36,41)/t29-/m1/s1. The lowest BCUT2D eigenvalue weighted by atomic mass is 9.95. The van der Waals surface area contributed by atoms with E-state index in [1.165, 1.54) is 9.58 Å². The summed E-state index contributed by atoms with van der Waals surface area (Å²) in [5, 5.41) is 7.04. The molecule has 0 spiro atoms. The summed E-state index contributed by atoms with van der Waals surface area (Å²) in [5.74, 6) is 0.380. The number of methoxy groups -OCH3 is 2. The molecule has 2 amide bonds. The van der Waals surface area contributed by atoms with Crippen LogP contribution in [0.2, 0.25) is 0 Å². The van der Waals surface area contributed by atoms with Crippen LogP contribution in [-0.2, 0) is 41.7 Å². The number of halogens is 3. The Hall–Kier alpha value is -4.02. The third-order valence-corrected chi connectivity index (χ3v) is 8.34. The van der Waals surface area contributed by atoms with E-state index in [9.17, 15) is 22.8 Å². The van der Waals surface area contributed by atoms with Gasteiger partial charge in [-0.2, -0.15) is 18.3 Å². The zero-order valence-corrected chi connectivity index (χ0v) is 24.5. The molecule has 1 heterocycles. The average molecular weight is 599 g/mol. The minimum absolute atomic E-state index is 0.00124. The number of rotatable bonds is 10. The van der Waals surface area contributed by atoms with Crippen molar-refractivity contribution >= 4 is 11.8 Å². The second-order valence-electron chi connectivity index (χ2n) is 11.2. The van der Waals surface area contributed by atoms with Crippen molar-refractivity contribution in [3.05, 3.63) is 76.6 Å². The van der Waals surface area contributed by atoms with E-state index in [0.717, 1.165) is 37.7 Å². The maximum Gasteiger partial charge on any atom is 0.435 e. The Balaban J connectivity index is 1.54. The number of benzene rings is 2. The first kappa shape index (κ1) is 30.4. The zero-order chi connectivity index (χ0) is 30.6. The summed E-state index contributed by atoms with van der Waals surface area (Å²) in [6.07, 6.45) is 1.15. The smallest absolute Gasteiger partial charge is 0.435 e. The van der Waals surface area contributed by atoms with Crippen molar-refractivity contribution in [3.63, 3.8) is 0 Å². The molecule has 1 N–H and O–H groups in total. The lowest BCUT2D eigenvalue weighted by Gasteiger charge is -2.33. The molecular weight excluding hydrogens is 561 g/mol. The van der Waals surface area contributed by atoms with Gasteiger partial charge in [0.15, 0.2) is 5.69 Å². The fourth-order valence-electron chi connectivity index (χ4n) is 6.11. The lowest BCUT2D eigenvalue weighted by Crippen LogP contribution is -2.46. The second kappa shape index (κ2) is 13.1. The predicted molar refractivity (Wildman–Crippen MR) is 154 cm³/mol. The van der Waals surface area contributed by atoms with Gasteiger partial charge in [-0.1, -0.05) is 37.1 Å². The Morgan fingerprint density at radius 1 is 0.953 bits per heavy atom. The third-order valence-electron chi connectivity index (χ3n) is 8.34. The van der Waals surface area contributed by atoms with Crippen LogP contribution >= 0.6 is 0 Å². The summed E-state index contributed by atoms with van der Waals surface area (Å²) in [7, 11) is 3.09. The minimum Gasteiger partial charge on any atom is -0.497 e. The van der Waals surface area contributed by atoms with Crippen LogP contribution in [0.3, 0.4) is 0 Å². The third kappa shape index (κ3) is 6.97. The van der Waals surface area contributed by atoms with Crippen molar-refractivity contribution < 1.29 is 32.2 Å². The van der Waals surface area contributed by atoms with Crippen LogP contribution in [0.5, 0.6) is 11.5 Å². The molecule has 1 atom stereocenters. The van der Waals surface area contributed by atoms with Gasteiger partial charge < -0.3 is 19.7 Å². The molecule has 5 rings (SSSR count). The molecular formula is C32H37F3N4O4. The van der Waals surface area contributed by atoms with E-state index in [2.05, 4.69) is 10.4 Å². The van der Waals surface area contributed by atoms with E-state index >= 15 is 0 Å². The van der Waals surface area contributed by atoms with Gasteiger partial charge in [0.2, 0.25) is 11.8 Å². The van der Waals surface area contributed by atoms with Gasteiger partial charge in [-0.25, -0.2) is 0 Å². The normalized spacial score (nSPS) is 15.9. The van der Waals surface area contributed by atoms with E-state index in [0.29, 0.717) is 35.6 Å². The number of hydrogen-bond donors (Lipinski definition) is 1. The summed E-state index contributed by atoms with van der Waals surface area (Å²) in [5.41, 5.74) is 0.977. The number of fused-ring (bicyclic) bond motifs is 1. The highest BCUT2D eigenvalue weighted by atomic mass is 19.4. The molecule has 3 aromatic rings. The maximum absolute atomic E-state index is 14.2. The highest BCUT2D eigenvalue weighted by Gasteiger charge is 2.40. The fraction of sp³-hybridized carbons (Fsp3) is 0.469. The van der Waals surface area contributed by atoms with Gasteiger partial charge in [0.05, 0.1) is 14.2 Å². The number of nitrogens with one attached hydrogen (secondary N) is 1. The molecule has 230 valence electrons. The molecule has 2 aliphatic carbocycles. The van der Waals surface area contributed by atoms with Gasteiger partial charge in [-0.3, -0.25) is 14.3 Å². The number of amides is 2. The summed E-state index contributed by atoms with van der Waals surface area (Å²) >= 11 is 0. The van der Waals surface area contributed by atoms with Crippen LogP contribution in [0.4, 0.5) is 13.2 Å². The highest BCUT2D eigenvalue weighted by Crippen LogP contribution is 2.36. The molecule has 0 saturated heterocycles. The highest BCUT2D eigenvalue weighted by molar-refractivity contribution is 5.89. The quantitative estimate of drug-likeness (QED) is 0.327. The molecule has 8 nitrogen and oxygen atoms in total. The van der Waals surface area contributed by atoms with E-state index in [-0.39, 0.29) is 30.5 Å². The number of aromatic nitrogens is 2. The minimum atomic E-state index is -4.62. The molecule has 1 fully saturated rings. The van der Waals surface area contributed by atoms with Gasteiger partial charge in [-0.05, 0) is 73.9 Å². The van der Waals surface area contributed by atoms with Crippen molar-refractivity contribution in [1.82, 2.24) is 20.0 Å². The van der Waals surface area contributed by atoms with Crippen molar-refractivity contribution in [2.24, 2.45) is 0 Å². The number of nitrogens with zero attached hydrogens (tertiary/aromatic N) is 3. The van der Waals surface area contributed by atoms with Gasteiger partial charge in [0, 0.05) is 23.8 Å². The Morgan fingerprint density at radius 3 is 2.16 bits per heavy atom. The SMILES string of the molecule is COc1ccc(CN(C(=O)Cn2nc(C(F)(F)F)c3c2CCCC3)[C@@H](C(=O)NC2CCCC2)c2ccc(OC)cc2)cc1. The lowest BCUT2D eigenvalue weighted by molar-refractivity contribution is -0.144. The molecule has 0 unspecified atom stereocenters. The number of alkyl halides is 3. The fourth-order valence-corrected chi connectivity index (χ4v) is 6.11. The average Bonchev–Trinajstić information content (AvgIpc) is 3.65. The topological polar surface area (TPSA) is 85.7 Å². The van der Waals surface area contributed by atoms with Crippen LogP contribution in [0.25, 0.3) is 0 Å². The molecule has 1 saturated carbocycles. The van der Waals surface area contributed by atoms with Crippen LogP contribution in [0, 0.1) is 0 Å². The van der Waals surface area contributed by atoms with E-state index in [4.69, 9.17) is 9.47 Å². The Morgan fingerprint density at radius 2 is 1.56 bits per heavy atom. The first-order valence-corrected chi connectivity index (χ1v) is 14.7.